The first-order valence-corrected chi connectivity index (χ1v) is 3.44. The minimum absolute atomic E-state index is 0.704. The predicted molar refractivity (Wildman–Crippen MR) is 47.9 cm³/mol. The van der Waals surface area contributed by atoms with Gasteiger partial charge in [-0.05, 0) is 0 Å². The van der Waals surface area contributed by atoms with E-state index in [1.807, 2.05) is 11.9 Å². The van der Waals surface area contributed by atoms with Crippen LogP contribution in [0.2, 0.25) is 0 Å². The highest BCUT2D eigenvalue weighted by Crippen LogP contribution is 1.77. The van der Waals surface area contributed by atoms with Crippen molar-refractivity contribution in [2.24, 2.45) is 0 Å². The van der Waals surface area contributed by atoms with E-state index in [-0.39, 0.29) is 0 Å². The highest BCUT2D eigenvalue weighted by atomic mass is 32.1. The van der Waals surface area contributed by atoms with Crippen molar-refractivity contribution in [2.75, 3.05) is 20.6 Å². The normalized spacial score (nSPS) is 8.22. The maximum atomic E-state index is 4.88. The maximum absolute atomic E-state index is 4.88. The van der Waals surface area contributed by atoms with Crippen LogP contribution in [0.4, 0.5) is 0 Å². The highest BCUT2D eigenvalue weighted by molar-refractivity contribution is 7.80. The zero-order valence-corrected chi connectivity index (χ0v) is 7.18. The van der Waals surface area contributed by atoms with Gasteiger partial charge in [0, 0.05) is 14.1 Å². The molecule has 0 atom stereocenters. The molecule has 0 radical (unpaired) electrons. The van der Waals surface area contributed by atoms with E-state index in [0.29, 0.717) is 6.54 Å². The van der Waals surface area contributed by atoms with Gasteiger partial charge in [-0.2, -0.15) is 0 Å². The molecule has 0 bridgehead atoms. The fourth-order valence-electron chi connectivity index (χ4n) is 0.343. The van der Waals surface area contributed by atoms with Crippen molar-refractivity contribution in [3.63, 3.8) is 0 Å². The molecule has 0 rings (SSSR count). The van der Waals surface area contributed by atoms with Crippen LogP contribution in [-0.2, 0) is 0 Å². The second-order valence-electron chi connectivity index (χ2n) is 1.69. The van der Waals surface area contributed by atoms with Gasteiger partial charge in [-0.25, -0.2) is 0 Å². The number of likely N-dealkylation sites (N-methyl/N-ethyl adjacent to an activating group) is 2. The van der Waals surface area contributed by atoms with Crippen LogP contribution in [0.1, 0.15) is 0 Å². The summed E-state index contributed by atoms with van der Waals surface area (Å²) in [5.41, 5.74) is 1.57. The Balaban J connectivity index is 3.46. The van der Waals surface area contributed by atoms with E-state index in [1.54, 1.807) is 12.5 Å². The van der Waals surface area contributed by atoms with Crippen LogP contribution in [0.3, 0.4) is 0 Å². The van der Waals surface area contributed by atoms with Gasteiger partial charge < -0.3 is 10.2 Å². The van der Waals surface area contributed by atoms with Crippen molar-refractivity contribution in [2.45, 2.75) is 0 Å². The molecule has 9 heavy (non-hydrogen) atoms. The zero-order chi connectivity index (χ0) is 7.28. The molecular formula is C5H10N2S2. The van der Waals surface area contributed by atoms with Crippen molar-refractivity contribution >= 4 is 34.9 Å². The van der Waals surface area contributed by atoms with E-state index in [1.165, 1.54) is 0 Å². The minimum atomic E-state index is 0.704. The molecule has 0 spiro atoms. The summed E-state index contributed by atoms with van der Waals surface area (Å²) < 4.78 is 0. The molecule has 0 aromatic heterocycles. The third-order valence-electron chi connectivity index (χ3n) is 0.852. The number of rotatable bonds is 3. The van der Waals surface area contributed by atoms with E-state index in [0.717, 1.165) is 4.99 Å². The second-order valence-corrected chi connectivity index (χ2v) is 2.40. The molecule has 1 N–H and O–H groups in total. The molecule has 52 valence electrons. The molecular weight excluding hydrogens is 152 g/mol. The standard InChI is InChI=1S/C5H10N2S2/c1-6-5(9)3-7(2)4-8/h4H,3H2,1-2H3,(H,6,9). The van der Waals surface area contributed by atoms with Crippen molar-refractivity contribution < 1.29 is 0 Å². The van der Waals surface area contributed by atoms with Gasteiger partial charge in [0.15, 0.2) is 0 Å². The number of nitrogens with one attached hydrogen (secondary N) is 1. The molecule has 0 unspecified atom stereocenters. The zero-order valence-electron chi connectivity index (χ0n) is 5.55. The Labute approximate surface area is 66.2 Å². The molecule has 0 aliphatic carbocycles. The molecule has 0 fully saturated rings. The van der Waals surface area contributed by atoms with Gasteiger partial charge in [0.1, 0.15) is 0 Å². The molecule has 0 saturated heterocycles. The van der Waals surface area contributed by atoms with Crippen LogP contribution >= 0.6 is 24.4 Å². The number of hydrogen-bond donors (Lipinski definition) is 1. The lowest BCUT2D eigenvalue weighted by molar-refractivity contribution is 0.605. The van der Waals surface area contributed by atoms with Crippen LogP contribution in [0.25, 0.3) is 0 Å². The smallest absolute Gasteiger partial charge is 0.0947 e. The lowest BCUT2D eigenvalue weighted by Gasteiger charge is -2.11. The number of nitrogens with zero attached hydrogens (tertiary/aromatic N) is 1. The quantitative estimate of drug-likeness (QED) is 0.605. The third-order valence-corrected chi connectivity index (χ3v) is 1.54. The van der Waals surface area contributed by atoms with Gasteiger partial charge in [-0.1, -0.05) is 24.4 Å². The molecule has 2 nitrogen and oxygen atoms in total. The Hall–Kier alpha value is -0.220. The molecule has 4 heteroatoms. The minimum Gasteiger partial charge on any atom is -0.381 e. The first kappa shape index (κ1) is 8.78. The van der Waals surface area contributed by atoms with Crippen molar-refractivity contribution in [3.8, 4) is 0 Å². The van der Waals surface area contributed by atoms with Gasteiger partial charge >= 0.3 is 0 Å². The number of hydrogen-bond acceptors (Lipinski definition) is 2. The van der Waals surface area contributed by atoms with Crippen LogP contribution < -0.4 is 5.32 Å². The van der Waals surface area contributed by atoms with E-state index in [4.69, 9.17) is 12.2 Å². The van der Waals surface area contributed by atoms with Gasteiger partial charge in [0.25, 0.3) is 0 Å². The third kappa shape index (κ3) is 4.29. The molecule has 0 aliphatic rings. The summed E-state index contributed by atoms with van der Waals surface area (Å²) in [5.74, 6) is 0. The average molecular weight is 162 g/mol. The first-order valence-electron chi connectivity index (χ1n) is 2.57. The summed E-state index contributed by atoms with van der Waals surface area (Å²) in [6.45, 7) is 0.704. The lowest BCUT2D eigenvalue weighted by atomic mass is 10.6. The fourth-order valence-corrected chi connectivity index (χ4v) is 0.621. The van der Waals surface area contributed by atoms with E-state index in [9.17, 15) is 0 Å². The Kier molecular flexibility index (Phi) is 4.53. The monoisotopic (exact) mass is 162 g/mol. The van der Waals surface area contributed by atoms with Gasteiger partial charge in [-0.3, -0.25) is 0 Å². The van der Waals surface area contributed by atoms with Crippen molar-refractivity contribution in [1.82, 2.24) is 10.2 Å². The number of thiocarbonyl (C=S) groups is 2. The molecule has 0 saturated carbocycles. The fraction of sp³-hybridized carbons (Fsp3) is 0.600. The SMILES string of the molecule is CNC(=S)CN(C)C=S. The highest BCUT2D eigenvalue weighted by Gasteiger charge is 1.93. The molecule has 0 amide bonds. The van der Waals surface area contributed by atoms with Gasteiger partial charge in [0.2, 0.25) is 0 Å². The van der Waals surface area contributed by atoms with Crippen molar-refractivity contribution in [3.05, 3.63) is 0 Å². The maximum Gasteiger partial charge on any atom is 0.0947 e. The predicted octanol–water partition coefficient (Wildman–Crippen LogP) is 0.422. The van der Waals surface area contributed by atoms with Crippen LogP contribution in [0.5, 0.6) is 0 Å². The summed E-state index contributed by atoms with van der Waals surface area (Å²) in [5, 5.41) is 2.85. The molecule has 0 aromatic carbocycles. The Morgan fingerprint density at radius 1 is 1.78 bits per heavy atom. The van der Waals surface area contributed by atoms with E-state index in [2.05, 4.69) is 17.5 Å². The summed E-state index contributed by atoms with van der Waals surface area (Å²) in [6, 6.07) is 0. The Morgan fingerprint density at radius 2 is 2.33 bits per heavy atom. The molecule has 0 aliphatic heterocycles. The van der Waals surface area contributed by atoms with E-state index < -0.39 is 0 Å². The summed E-state index contributed by atoms with van der Waals surface area (Å²) >= 11 is 9.53. The topological polar surface area (TPSA) is 15.3 Å². The summed E-state index contributed by atoms with van der Waals surface area (Å²) in [6.07, 6.45) is 0. The lowest BCUT2D eigenvalue weighted by Crippen LogP contribution is -2.30. The average Bonchev–Trinajstić information content (AvgIpc) is 1.87. The molecule has 0 heterocycles. The van der Waals surface area contributed by atoms with Gasteiger partial charge in [-0.15, -0.1) is 0 Å². The summed E-state index contributed by atoms with van der Waals surface area (Å²) in [4.78, 5) is 2.65. The van der Waals surface area contributed by atoms with Crippen LogP contribution in [0, 0.1) is 0 Å². The summed E-state index contributed by atoms with van der Waals surface area (Å²) in [7, 11) is 3.69. The van der Waals surface area contributed by atoms with Crippen molar-refractivity contribution in [1.29, 1.82) is 0 Å². The van der Waals surface area contributed by atoms with Crippen LogP contribution in [0.15, 0.2) is 0 Å². The van der Waals surface area contributed by atoms with Crippen LogP contribution in [-0.4, -0.2) is 36.0 Å². The molecule has 0 aromatic rings. The van der Waals surface area contributed by atoms with E-state index >= 15 is 0 Å². The Bertz CT molecular complexity index is 114. The van der Waals surface area contributed by atoms with Gasteiger partial charge in [0.05, 0.1) is 17.0 Å². The Morgan fingerprint density at radius 3 is 2.67 bits per heavy atom. The largest absolute Gasteiger partial charge is 0.381 e. The second kappa shape index (κ2) is 4.64. The first-order chi connectivity index (χ1) is 4.20.